The Bertz CT molecular complexity index is 1110. The first-order valence-corrected chi connectivity index (χ1v) is 10.8. The number of amides is 1. The van der Waals surface area contributed by atoms with Gasteiger partial charge in [0.1, 0.15) is 5.75 Å². The lowest BCUT2D eigenvalue weighted by Crippen LogP contribution is -2.39. The lowest BCUT2D eigenvalue weighted by molar-refractivity contribution is -0.122. The van der Waals surface area contributed by atoms with Gasteiger partial charge in [0.2, 0.25) is 5.91 Å². The molecule has 1 aliphatic carbocycles. The smallest absolute Gasteiger partial charge is 0.345 e. The van der Waals surface area contributed by atoms with Crippen molar-refractivity contribution in [1.29, 1.82) is 0 Å². The third-order valence-corrected chi connectivity index (χ3v) is 5.97. The van der Waals surface area contributed by atoms with E-state index in [9.17, 15) is 9.59 Å². The number of rotatable bonds is 6. The molecule has 4 rings (SSSR count). The minimum atomic E-state index is -0.345. The maximum Gasteiger partial charge on any atom is 0.345 e. The number of pyridine rings is 1. The molecule has 0 unspecified atom stereocenters. The van der Waals surface area contributed by atoms with Crippen molar-refractivity contribution in [3.63, 3.8) is 0 Å². The number of nitrogens with one attached hydrogen (secondary N) is 2. The lowest BCUT2D eigenvalue weighted by atomic mass is 9.92. The molecule has 2 N–H and O–H groups in total. The Morgan fingerprint density at radius 3 is 2.77 bits per heavy atom. The zero-order valence-electron chi connectivity index (χ0n) is 18.0. The fraction of sp³-hybridized carbons (Fsp3) is 0.417. The second-order valence-electron chi connectivity index (χ2n) is 8.25. The summed E-state index contributed by atoms with van der Waals surface area (Å²) >= 11 is 0. The van der Waals surface area contributed by atoms with Crippen molar-refractivity contribution in [2.24, 2.45) is 0 Å². The summed E-state index contributed by atoms with van der Waals surface area (Å²) in [7, 11) is 0. The van der Waals surface area contributed by atoms with Crippen molar-refractivity contribution in [1.82, 2.24) is 20.3 Å². The summed E-state index contributed by atoms with van der Waals surface area (Å²) in [5.41, 5.74) is 3.04. The Balaban J connectivity index is 1.24. The molecule has 0 radical (unpaired) electrons. The third kappa shape index (κ3) is 5.29. The second-order valence-corrected chi connectivity index (χ2v) is 8.25. The summed E-state index contributed by atoms with van der Waals surface area (Å²) in [5, 5.41) is 4.23. The molecule has 7 nitrogen and oxygen atoms in total. The van der Waals surface area contributed by atoms with Crippen molar-refractivity contribution < 1.29 is 9.53 Å². The molecule has 1 fully saturated rings. The second kappa shape index (κ2) is 9.29. The first kappa shape index (κ1) is 21.0. The van der Waals surface area contributed by atoms with Crippen LogP contribution < -0.4 is 15.7 Å². The Labute approximate surface area is 181 Å². The number of hydrogen-bond acceptors (Lipinski definition) is 5. The molecule has 1 saturated carbocycles. The molecule has 1 aliphatic rings. The summed E-state index contributed by atoms with van der Waals surface area (Å²) in [6, 6.07) is 10.1. The molecule has 0 spiro atoms. The molecule has 3 aromatic rings. The number of fused-ring (bicyclic) bond motifs is 1. The van der Waals surface area contributed by atoms with Crippen LogP contribution in [-0.2, 0) is 11.2 Å². The van der Waals surface area contributed by atoms with Gasteiger partial charge in [0.25, 0.3) is 0 Å². The van der Waals surface area contributed by atoms with E-state index in [0.29, 0.717) is 18.5 Å². The van der Waals surface area contributed by atoms with Crippen LogP contribution >= 0.6 is 0 Å². The first-order valence-electron chi connectivity index (χ1n) is 10.8. The summed E-state index contributed by atoms with van der Waals surface area (Å²) in [4.78, 5) is 34.8. The van der Waals surface area contributed by atoms with Crippen molar-refractivity contribution in [3.05, 3.63) is 64.0 Å². The minimum Gasteiger partial charge on any atom is -0.490 e. The molecule has 0 saturated heterocycles. The Morgan fingerprint density at radius 1 is 1.19 bits per heavy atom. The highest BCUT2D eigenvalue weighted by Crippen LogP contribution is 2.26. The quantitative estimate of drug-likeness (QED) is 0.637. The van der Waals surface area contributed by atoms with Crippen LogP contribution in [0.1, 0.15) is 49.1 Å². The molecule has 0 atom stereocenters. The molecule has 31 heavy (non-hydrogen) atoms. The number of aryl methyl sites for hydroxylation is 2. The molecule has 1 aromatic carbocycles. The largest absolute Gasteiger partial charge is 0.490 e. The highest BCUT2D eigenvalue weighted by Gasteiger charge is 2.24. The van der Waals surface area contributed by atoms with Gasteiger partial charge in [-0.2, -0.15) is 4.98 Å². The van der Waals surface area contributed by atoms with Crippen LogP contribution in [0.3, 0.4) is 0 Å². The van der Waals surface area contributed by atoms with Gasteiger partial charge in [0, 0.05) is 35.4 Å². The van der Waals surface area contributed by atoms with E-state index in [1.54, 1.807) is 6.20 Å². The van der Waals surface area contributed by atoms with E-state index >= 15 is 0 Å². The molecule has 162 valence electrons. The summed E-state index contributed by atoms with van der Waals surface area (Å²) in [6.45, 7) is 3.65. The van der Waals surface area contributed by atoms with E-state index in [1.165, 1.54) is 0 Å². The number of benzene rings is 1. The number of carbonyl (C=O) groups excluding carboxylic acids is 1. The van der Waals surface area contributed by atoms with Crippen LogP contribution in [0.15, 0.2) is 41.3 Å². The predicted octanol–water partition coefficient (Wildman–Crippen LogP) is 3.37. The van der Waals surface area contributed by atoms with Crippen LogP contribution in [0, 0.1) is 13.8 Å². The monoisotopic (exact) mass is 420 g/mol. The molecule has 0 bridgehead atoms. The van der Waals surface area contributed by atoms with Crippen molar-refractivity contribution in [2.75, 3.05) is 0 Å². The Kier molecular flexibility index (Phi) is 6.30. The van der Waals surface area contributed by atoms with Crippen molar-refractivity contribution in [2.45, 2.75) is 64.5 Å². The van der Waals surface area contributed by atoms with Gasteiger partial charge in [0.15, 0.2) is 0 Å². The molecule has 1 amide bonds. The maximum absolute atomic E-state index is 12.4. The summed E-state index contributed by atoms with van der Waals surface area (Å²) in [6.07, 6.45) is 6.56. The number of aromatic nitrogens is 3. The van der Waals surface area contributed by atoms with Gasteiger partial charge in [-0.05, 0) is 75.8 Å². The highest BCUT2D eigenvalue weighted by molar-refractivity contribution is 5.79. The van der Waals surface area contributed by atoms with E-state index in [0.717, 1.165) is 53.6 Å². The average molecular weight is 421 g/mol. The van der Waals surface area contributed by atoms with Gasteiger partial charge in [-0.3, -0.25) is 9.78 Å². The summed E-state index contributed by atoms with van der Waals surface area (Å²) in [5.74, 6) is 0.907. The number of carbonyl (C=O) groups is 1. The topological polar surface area (TPSA) is 97.0 Å². The molecule has 7 heteroatoms. The number of ether oxygens (including phenoxy) is 1. The molecule has 2 aromatic heterocycles. The highest BCUT2D eigenvalue weighted by atomic mass is 16.5. The maximum atomic E-state index is 12.4. The Morgan fingerprint density at radius 2 is 2.00 bits per heavy atom. The van der Waals surface area contributed by atoms with Crippen LogP contribution in [0.25, 0.3) is 10.9 Å². The van der Waals surface area contributed by atoms with E-state index < -0.39 is 0 Å². The van der Waals surface area contributed by atoms with Crippen LogP contribution in [0.2, 0.25) is 0 Å². The van der Waals surface area contributed by atoms with Gasteiger partial charge in [-0.15, -0.1) is 0 Å². The standard InChI is InChI=1S/C24H28N4O3/c1-15-21(16(2)27-24(30)26-15)10-12-23(29)28-18-5-7-19(8-6-18)31-20-9-11-22-17(14-20)4-3-13-25-22/h3-4,9,11,13-14,18-19H,5-8,10,12H2,1-2H3,(H,28,29)(H,26,27,30). The molecule has 2 heterocycles. The number of hydrogen-bond donors (Lipinski definition) is 2. The van der Waals surface area contributed by atoms with E-state index in [4.69, 9.17) is 4.74 Å². The fourth-order valence-electron chi connectivity index (χ4n) is 4.31. The first-order chi connectivity index (χ1) is 15.0. The summed E-state index contributed by atoms with van der Waals surface area (Å²) < 4.78 is 6.18. The van der Waals surface area contributed by atoms with Crippen LogP contribution in [-0.4, -0.2) is 33.0 Å². The molecule has 0 aliphatic heterocycles. The van der Waals surface area contributed by atoms with Gasteiger partial charge in [0.05, 0.1) is 11.6 Å². The van der Waals surface area contributed by atoms with Gasteiger partial charge >= 0.3 is 5.69 Å². The zero-order valence-corrected chi connectivity index (χ0v) is 18.0. The van der Waals surface area contributed by atoms with E-state index in [-0.39, 0.29) is 23.7 Å². The normalized spacial score (nSPS) is 18.6. The van der Waals surface area contributed by atoms with Crippen LogP contribution in [0.4, 0.5) is 0 Å². The predicted molar refractivity (Wildman–Crippen MR) is 119 cm³/mol. The van der Waals surface area contributed by atoms with Crippen molar-refractivity contribution >= 4 is 16.8 Å². The number of H-pyrrole nitrogens is 1. The van der Waals surface area contributed by atoms with Crippen molar-refractivity contribution in [3.8, 4) is 5.75 Å². The fourth-order valence-corrected chi connectivity index (χ4v) is 4.31. The minimum absolute atomic E-state index is 0.0383. The lowest BCUT2D eigenvalue weighted by Gasteiger charge is -2.29. The van der Waals surface area contributed by atoms with E-state index in [1.807, 2.05) is 44.2 Å². The molecular weight excluding hydrogens is 392 g/mol. The zero-order chi connectivity index (χ0) is 21.8. The molecular formula is C24H28N4O3. The number of aromatic amines is 1. The Hall–Kier alpha value is -3.22. The third-order valence-electron chi connectivity index (χ3n) is 5.97. The van der Waals surface area contributed by atoms with E-state index in [2.05, 4.69) is 20.3 Å². The SMILES string of the molecule is Cc1nc(=O)[nH]c(C)c1CCC(=O)NC1CCC(Oc2ccc3ncccc3c2)CC1. The van der Waals surface area contributed by atoms with Gasteiger partial charge < -0.3 is 15.0 Å². The average Bonchev–Trinajstić information content (AvgIpc) is 2.74. The number of nitrogens with zero attached hydrogens (tertiary/aromatic N) is 2. The van der Waals surface area contributed by atoms with Crippen LogP contribution in [0.5, 0.6) is 5.75 Å². The van der Waals surface area contributed by atoms with Gasteiger partial charge in [-0.1, -0.05) is 6.07 Å². The van der Waals surface area contributed by atoms with Gasteiger partial charge in [-0.25, -0.2) is 4.79 Å².